The first-order valence-corrected chi connectivity index (χ1v) is 4.89. The second-order valence-electron chi connectivity index (χ2n) is 2.93. The van der Waals surface area contributed by atoms with Crippen LogP contribution in [0.4, 0.5) is 0 Å². The monoisotopic (exact) mass is 216 g/mol. The zero-order chi connectivity index (χ0) is 10.4. The Bertz CT molecular complexity index is 273. The number of hydrogen-bond donors (Lipinski definition) is 1. The van der Waals surface area contributed by atoms with Gasteiger partial charge in [0.25, 0.3) is 0 Å². The number of hydrogen-bond acceptors (Lipinski definition) is 3. The van der Waals surface area contributed by atoms with Gasteiger partial charge in [-0.15, -0.1) is 16.7 Å². The summed E-state index contributed by atoms with van der Waals surface area (Å²) in [6.07, 6.45) is 4.23. The Labute approximate surface area is 87.4 Å². The Morgan fingerprint density at radius 1 is 1.71 bits per heavy atom. The fourth-order valence-electron chi connectivity index (χ4n) is 0.945. The maximum Gasteiger partial charge on any atom is 0.237 e. The third-order valence-corrected chi connectivity index (χ3v) is 1.89. The highest BCUT2D eigenvalue weighted by Crippen LogP contribution is 1.92. The zero-order valence-electron chi connectivity index (χ0n) is 7.98. The van der Waals surface area contributed by atoms with Gasteiger partial charge in [-0.05, 0) is 13.3 Å². The minimum atomic E-state index is -0.471. The molecular formula is C8H13ClN4O. The molecule has 0 aliphatic carbocycles. The number of aromatic nitrogens is 3. The first-order chi connectivity index (χ1) is 6.70. The number of rotatable bonds is 5. The fourth-order valence-corrected chi connectivity index (χ4v) is 1.02. The number of amides is 1. The van der Waals surface area contributed by atoms with Crippen molar-refractivity contribution in [3.8, 4) is 0 Å². The van der Waals surface area contributed by atoms with Crippen molar-refractivity contribution in [1.82, 2.24) is 20.3 Å². The van der Waals surface area contributed by atoms with Crippen LogP contribution in [0.1, 0.15) is 13.3 Å². The lowest BCUT2D eigenvalue weighted by atomic mass is 10.4. The molecule has 1 unspecified atom stereocenters. The Hall–Kier alpha value is -1.10. The first kappa shape index (κ1) is 11.0. The van der Waals surface area contributed by atoms with Crippen LogP contribution in [-0.4, -0.2) is 32.8 Å². The minimum Gasteiger partial charge on any atom is -0.355 e. The van der Waals surface area contributed by atoms with E-state index in [9.17, 15) is 4.79 Å². The predicted octanol–water partition coefficient (Wildman–Crippen LogP) is 0.412. The van der Waals surface area contributed by atoms with Crippen LogP contribution in [0.15, 0.2) is 12.4 Å². The van der Waals surface area contributed by atoms with Crippen molar-refractivity contribution in [2.45, 2.75) is 25.3 Å². The summed E-state index contributed by atoms with van der Waals surface area (Å²) in [5, 5.41) is 9.71. The molecule has 0 fully saturated rings. The van der Waals surface area contributed by atoms with Crippen molar-refractivity contribution < 1.29 is 4.79 Å². The van der Waals surface area contributed by atoms with Gasteiger partial charge in [0.2, 0.25) is 5.91 Å². The average Bonchev–Trinajstić information content (AvgIpc) is 2.64. The number of nitrogens with one attached hydrogen (secondary N) is 1. The Kier molecular flexibility index (Phi) is 4.39. The van der Waals surface area contributed by atoms with Crippen molar-refractivity contribution >= 4 is 17.5 Å². The van der Waals surface area contributed by atoms with Crippen LogP contribution in [0.2, 0.25) is 0 Å². The van der Waals surface area contributed by atoms with Crippen molar-refractivity contribution in [2.24, 2.45) is 0 Å². The van der Waals surface area contributed by atoms with E-state index < -0.39 is 5.38 Å². The van der Waals surface area contributed by atoms with Crippen molar-refractivity contribution in [1.29, 1.82) is 0 Å². The Morgan fingerprint density at radius 3 is 3.07 bits per heavy atom. The molecule has 0 aliphatic rings. The molecule has 0 spiro atoms. The van der Waals surface area contributed by atoms with Crippen LogP contribution in [0, 0.1) is 0 Å². The van der Waals surface area contributed by atoms with E-state index >= 15 is 0 Å². The van der Waals surface area contributed by atoms with Crippen molar-refractivity contribution in [3.05, 3.63) is 12.4 Å². The molecule has 0 aliphatic heterocycles. The molecule has 1 rings (SSSR count). The third kappa shape index (κ3) is 3.74. The maximum atomic E-state index is 11.0. The molecule has 5 nitrogen and oxygen atoms in total. The lowest BCUT2D eigenvalue weighted by Gasteiger charge is -2.05. The number of halogens is 1. The minimum absolute atomic E-state index is 0.134. The summed E-state index contributed by atoms with van der Waals surface area (Å²) < 4.78 is 1.72. The summed E-state index contributed by atoms with van der Waals surface area (Å²) in [6.45, 7) is 3.00. The summed E-state index contributed by atoms with van der Waals surface area (Å²) in [4.78, 5) is 11.0. The molecule has 1 amide bonds. The van der Waals surface area contributed by atoms with Gasteiger partial charge in [0.1, 0.15) is 5.38 Å². The van der Waals surface area contributed by atoms with Gasteiger partial charge in [-0.3, -0.25) is 9.48 Å². The first-order valence-electron chi connectivity index (χ1n) is 4.46. The molecule has 1 atom stereocenters. The van der Waals surface area contributed by atoms with Gasteiger partial charge >= 0.3 is 0 Å². The highest BCUT2D eigenvalue weighted by molar-refractivity contribution is 6.30. The molecule has 0 saturated carbocycles. The van der Waals surface area contributed by atoms with Crippen LogP contribution >= 0.6 is 11.6 Å². The third-order valence-electron chi connectivity index (χ3n) is 1.70. The van der Waals surface area contributed by atoms with Gasteiger partial charge in [-0.2, -0.15) is 0 Å². The molecule has 0 radical (unpaired) electrons. The normalized spacial score (nSPS) is 12.4. The topological polar surface area (TPSA) is 59.8 Å². The van der Waals surface area contributed by atoms with Crippen LogP contribution in [0.5, 0.6) is 0 Å². The largest absolute Gasteiger partial charge is 0.355 e. The SMILES string of the molecule is CC(Cl)C(=O)NCCCn1ccnn1. The van der Waals surface area contributed by atoms with Crippen molar-refractivity contribution in [3.63, 3.8) is 0 Å². The van der Waals surface area contributed by atoms with E-state index in [1.165, 1.54) is 0 Å². The van der Waals surface area contributed by atoms with Crippen LogP contribution in [-0.2, 0) is 11.3 Å². The number of nitrogens with zero attached hydrogens (tertiary/aromatic N) is 3. The van der Waals surface area contributed by atoms with Gasteiger partial charge in [-0.25, -0.2) is 0 Å². The molecule has 14 heavy (non-hydrogen) atoms. The van der Waals surface area contributed by atoms with Crippen LogP contribution in [0.3, 0.4) is 0 Å². The number of carbonyl (C=O) groups is 1. The Morgan fingerprint density at radius 2 is 2.50 bits per heavy atom. The average molecular weight is 217 g/mol. The van der Waals surface area contributed by atoms with Gasteiger partial charge in [0.15, 0.2) is 0 Å². The summed E-state index contributed by atoms with van der Waals surface area (Å²) in [5.74, 6) is -0.134. The zero-order valence-corrected chi connectivity index (χ0v) is 8.74. The summed E-state index contributed by atoms with van der Waals surface area (Å²) in [6, 6.07) is 0. The van der Waals surface area contributed by atoms with Crippen LogP contribution < -0.4 is 5.32 Å². The highest BCUT2D eigenvalue weighted by Gasteiger charge is 2.06. The Balaban J connectivity index is 2.08. The standard InChI is InChI=1S/C8H13ClN4O/c1-7(9)8(14)10-3-2-5-13-6-4-11-12-13/h4,6-7H,2-3,5H2,1H3,(H,10,14). The second kappa shape index (κ2) is 5.59. The molecular weight excluding hydrogens is 204 g/mol. The molecule has 0 bridgehead atoms. The van der Waals surface area contributed by atoms with E-state index in [1.807, 2.05) is 0 Å². The molecule has 6 heteroatoms. The molecule has 1 heterocycles. The summed E-state index contributed by atoms with van der Waals surface area (Å²) in [7, 11) is 0. The molecule has 1 aromatic heterocycles. The second-order valence-corrected chi connectivity index (χ2v) is 3.58. The molecule has 0 aromatic carbocycles. The number of aryl methyl sites for hydroxylation is 1. The van der Waals surface area contributed by atoms with Crippen LogP contribution in [0.25, 0.3) is 0 Å². The molecule has 78 valence electrons. The lowest BCUT2D eigenvalue weighted by Crippen LogP contribution is -2.30. The van der Waals surface area contributed by atoms with E-state index in [4.69, 9.17) is 11.6 Å². The maximum absolute atomic E-state index is 11.0. The van der Waals surface area contributed by atoms with E-state index in [0.29, 0.717) is 6.54 Å². The van der Waals surface area contributed by atoms with E-state index in [2.05, 4.69) is 15.6 Å². The lowest BCUT2D eigenvalue weighted by molar-refractivity contribution is -0.120. The van der Waals surface area contributed by atoms with E-state index in [-0.39, 0.29) is 5.91 Å². The molecule has 0 saturated heterocycles. The van der Waals surface area contributed by atoms with Crippen molar-refractivity contribution in [2.75, 3.05) is 6.54 Å². The molecule has 1 N–H and O–H groups in total. The van der Waals surface area contributed by atoms with Gasteiger partial charge in [-0.1, -0.05) is 5.21 Å². The number of alkyl halides is 1. The van der Waals surface area contributed by atoms with Gasteiger partial charge in [0, 0.05) is 19.3 Å². The smallest absolute Gasteiger partial charge is 0.237 e. The highest BCUT2D eigenvalue weighted by atomic mass is 35.5. The van der Waals surface area contributed by atoms with Gasteiger partial charge in [0.05, 0.1) is 6.20 Å². The fraction of sp³-hybridized carbons (Fsp3) is 0.625. The summed E-state index contributed by atoms with van der Waals surface area (Å²) >= 11 is 5.57. The quantitative estimate of drug-likeness (QED) is 0.573. The van der Waals surface area contributed by atoms with Gasteiger partial charge < -0.3 is 5.32 Å². The predicted molar refractivity (Wildman–Crippen MR) is 53.0 cm³/mol. The number of carbonyl (C=O) groups excluding carboxylic acids is 1. The summed E-state index contributed by atoms with van der Waals surface area (Å²) in [5.41, 5.74) is 0. The molecule has 1 aromatic rings. The van der Waals surface area contributed by atoms with E-state index in [0.717, 1.165) is 13.0 Å². The van der Waals surface area contributed by atoms with E-state index in [1.54, 1.807) is 24.0 Å².